The van der Waals surface area contributed by atoms with Gasteiger partial charge in [0.15, 0.2) is 11.5 Å². The van der Waals surface area contributed by atoms with Gasteiger partial charge in [-0.3, -0.25) is 0 Å². The minimum absolute atomic E-state index is 0.313. The molecule has 0 spiro atoms. The first-order valence-corrected chi connectivity index (χ1v) is 10.9. The quantitative estimate of drug-likeness (QED) is 0.172. The molecule has 0 atom stereocenters. The highest BCUT2D eigenvalue weighted by molar-refractivity contribution is 14.1. The lowest BCUT2D eigenvalue weighted by Gasteiger charge is -2.14. The van der Waals surface area contributed by atoms with Gasteiger partial charge in [0.05, 0.1) is 32.4 Å². The summed E-state index contributed by atoms with van der Waals surface area (Å²) in [6, 6.07) is 18.6. The third kappa shape index (κ3) is 5.41. The molecule has 0 N–H and O–H groups in total. The molecule has 0 unspecified atom stereocenters. The first-order valence-electron chi connectivity index (χ1n) is 8.74. The van der Waals surface area contributed by atoms with Crippen LogP contribution in [0.5, 0.6) is 11.5 Å². The van der Waals surface area contributed by atoms with Crippen molar-refractivity contribution in [2.24, 2.45) is 0 Å². The zero-order chi connectivity index (χ0) is 21.7. The Hall–Kier alpha value is -1.91. The minimum Gasteiger partial charge on any atom is -0.493 e. The van der Waals surface area contributed by atoms with Crippen LogP contribution in [0.3, 0.4) is 0 Å². The molecule has 0 bridgehead atoms. The van der Waals surface area contributed by atoms with E-state index in [0.29, 0.717) is 44.3 Å². The average Bonchev–Trinajstić information content (AvgIpc) is 2.74. The van der Waals surface area contributed by atoms with Gasteiger partial charge in [0.25, 0.3) is 0 Å². The van der Waals surface area contributed by atoms with E-state index in [0.717, 1.165) is 14.7 Å². The van der Waals surface area contributed by atoms with E-state index in [-0.39, 0.29) is 0 Å². The van der Waals surface area contributed by atoms with Gasteiger partial charge in [0, 0.05) is 10.6 Å². The van der Waals surface area contributed by atoms with Crippen molar-refractivity contribution >= 4 is 69.0 Å². The molecule has 0 heterocycles. The Bertz CT molecular complexity index is 1160. The molecule has 152 valence electrons. The standard InChI is InChI=1S/C23H15Cl3INO2/c1-29-22-10-14(8-17(12-28)15-6-7-19(25)20(26)11-15)9-21(27)23(22)30-13-16-4-2-3-5-18(16)24/h2-11H,13H2,1H3/b17-8-. The molecular formula is C23H15Cl3INO2. The molecule has 3 aromatic rings. The van der Waals surface area contributed by atoms with Gasteiger partial charge in [-0.2, -0.15) is 5.26 Å². The van der Waals surface area contributed by atoms with Gasteiger partial charge >= 0.3 is 0 Å². The highest BCUT2D eigenvalue weighted by atomic mass is 127. The SMILES string of the molecule is COc1cc(/C=C(/C#N)c2ccc(Cl)c(Cl)c2)cc(I)c1OCc1ccccc1Cl. The second-order valence-electron chi connectivity index (χ2n) is 6.21. The van der Waals surface area contributed by atoms with Gasteiger partial charge in [0.1, 0.15) is 6.61 Å². The summed E-state index contributed by atoms with van der Waals surface area (Å²) in [5.74, 6) is 1.18. The maximum absolute atomic E-state index is 9.62. The fourth-order valence-electron chi connectivity index (χ4n) is 2.74. The van der Waals surface area contributed by atoms with Crippen molar-refractivity contribution in [1.29, 1.82) is 5.26 Å². The number of hydrogen-bond donors (Lipinski definition) is 0. The van der Waals surface area contributed by atoms with Crippen LogP contribution in [0.1, 0.15) is 16.7 Å². The lowest BCUT2D eigenvalue weighted by Crippen LogP contribution is -2.00. The molecule has 0 amide bonds. The number of methoxy groups -OCH3 is 1. The number of halogens is 4. The van der Waals surface area contributed by atoms with E-state index >= 15 is 0 Å². The lowest BCUT2D eigenvalue weighted by atomic mass is 10.0. The summed E-state index contributed by atoms with van der Waals surface area (Å²) < 4.78 is 12.4. The minimum atomic E-state index is 0.313. The largest absolute Gasteiger partial charge is 0.493 e. The van der Waals surface area contributed by atoms with Crippen molar-refractivity contribution < 1.29 is 9.47 Å². The Labute approximate surface area is 203 Å². The Morgan fingerprint density at radius 1 is 1.03 bits per heavy atom. The molecule has 0 saturated carbocycles. The van der Waals surface area contributed by atoms with Crippen LogP contribution in [0.25, 0.3) is 11.6 Å². The molecule has 0 fully saturated rings. The Balaban J connectivity index is 1.92. The van der Waals surface area contributed by atoms with Crippen molar-refractivity contribution in [3.63, 3.8) is 0 Å². The van der Waals surface area contributed by atoms with Gasteiger partial charge < -0.3 is 9.47 Å². The van der Waals surface area contributed by atoms with Gasteiger partial charge in [-0.1, -0.05) is 59.1 Å². The maximum Gasteiger partial charge on any atom is 0.174 e. The fraction of sp³-hybridized carbons (Fsp3) is 0.0870. The van der Waals surface area contributed by atoms with Crippen LogP contribution in [0, 0.1) is 14.9 Å². The summed E-state index contributed by atoms with van der Waals surface area (Å²) in [4.78, 5) is 0. The van der Waals surface area contributed by atoms with E-state index in [2.05, 4.69) is 28.7 Å². The summed E-state index contributed by atoms with van der Waals surface area (Å²) in [6.07, 6.45) is 1.77. The van der Waals surface area contributed by atoms with Crippen molar-refractivity contribution in [3.8, 4) is 17.6 Å². The molecule has 3 rings (SSSR count). The van der Waals surface area contributed by atoms with Crippen molar-refractivity contribution in [3.05, 3.63) is 89.9 Å². The maximum atomic E-state index is 9.62. The number of benzene rings is 3. The highest BCUT2D eigenvalue weighted by Crippen LogP contribution is 2.36. The number of hydrogen-bond acceptors (Lipinski definition) is 3. The molecule has 0 saturated heterocycles. The van der Waals surface area contributed by atoms with Crippen LogP contribution >= 0.6 is 57.4 Å². The van der Waals surface area contributed by atoms with Crippen LogP contribution in [-0.4, -0.2) is 7.11 Å². The fourth-order valence-corrected chi connectivity index (χ4v) is 4.01. The number of rotatable bonds is 6. The van der Waals surface area contributed by atoms with Crippen LogP contribution in [0.2, 0.25) is 15.1 Å². The third-order valence-corrected chi connectivity index (χ3v) is 6.15. The summed E-state index contributed by atoms with van der Waals surface area (Å²) in [5.41, 5.74) is 2.81. The monoisotopic (exact) mass is 569 g/mol. The van der Waals surface area contributed by atoms with E-state index in [4.69, 9.17) is 44.3 Å². The second-order valence-corrected chi connectivity index (χ2v) is 8.60. The number of nitriles is 1. The third-order valence-electron chi connectivity index (χ3n) is 4.24. The molecular weight excluding hydrogens is 556 g/mol. The molecule has 0 aliphatic rings. The van der Waals surface area contributed by atoms with Crippen molar-refractivity contribution in [2.75, 3.05) is 7.11 Å². The highest BCUT2D eigenvalue weighted by Gasteiger charge is 2.13. The van der Waals surface area contributed by atoms with Crippen LogP contribution in [0.4, 0.5) is 0 Å². The topological polar surface area (TPSA) is 42.2 Å². The van der Waals surface area contributed by atoms with Crippen LogP contribution in [-0.2, 0) is 6.61 Å². The zero-order valence-electron chi connectivity index (χ0n) is 15.8. The van der Waals surface area contributed by atoms with Crippen molar-refractivity contribution in [2.45, 2.75) is 6.61 Å². The van der Waals surface area contributed by atoms with Gasteiger partial charge in [-0.05, 0) is 70.1 Å². The average molecular weight is 571 g/mol. The molecule has 30 heavy (non-hydrogen) atoms. The lowest BCUT2D eigenvalue weighted by molar-refractivity contribution is 0.282. The van der Waals surface area contributed by atoms with Crippen molar-refractivity contribution in [1.82, 2.24) is 0 Å². The number of ether oxygens (including phenoxy) is 2. The molecule has 0 radical (unpaired) electrons. The molecule has 7 heteroatoms. The van der Waals surface area contributed by atoms with E-state index in [9.17, 15) is 5.26 Å². The number of allylic oxidation sites excluding steroid dienone is 1. The predicted molar refractivity (Wildman–Crippen MR) is 131 cm³/mol. The summed E-state index contributed by atoms with van der Waals surface area (Å²) in [5, 5.41) is 11.1. The molecule has 3 aromatic carbocycles. The van der Waals surface area contributed by atoms with E-state index in [1.54, 1.807) is 31.4 Å². The zero-order valence-corrected chi connectivity index (χ0v) is 20.2. The predicted octanol–water partition coefficient (Wildman–Crippen LogP) is 7.90. The Kier molecular flexibility index (Phi) is 7.90. The number of nitrogens with zero attached hydrogens (tertiary/aromatic N) is 1. The summed E-state index contributed by atoms with van der Waals surface area (Å²) in [6.45, 7) is 0.313. The van der Waals surface area contributed by atoms with E-state index in [1.165, 1.54) is 0 Å². The van der Waals surface area contributed by atoms with Crippen LogP contribution < -0.4 is 9.47 Å². The Morgan fingerprint density at radius 2 is 1.80 bits per heavy atom. The van der Waals surface area contributed by atoms with Gasteiger partial charge in [0.2, 0.25) is 0 Å². The van der Waals surface area contributed by atoms with Gasteiger partial charge in [-0.25, -0.2) is 0 Å². The first kappa shape index (κ1) is 22.8. The normalized spacial score (nSPS) is 11.1. The summed E-state index contributed by atoms with van der Waals surface area (Å²) >= 11 is 20.5. The molecule has 0 aliphatic heterocycles. The molecule has 0 aromatic heterocycles. The van der Waals surface area contributed by atoms with E-state index < -0.39 is 0 Å². The molecule has 0 aliphatic carbocycles. The van der Waals surface area contributed by atoms with E-state index in [1.807, 2.05) is 36.4 Å². The second kappa shape index (κ2) is 10.4. The first-order chi connectivity index (χ1) is 14.4. The molecule has 3 nitrogen and oxygen atoms in total. The van der Waals surface area contributed by atoms with Gasteiger partial charge in [-0.15, -0.1) is 0 Å². The summed E-state index contributed by atoms with van der Waals surface area (Å²) in [7, 11) is 1.57. The Morgan fingerprint density at radius 3 is 2.47 bits per heavy atom. The van der Waals surface area contributed by atoms with Crippen LogP contribution in [0.15, 0.2) is 54.6 Å². The smallest absolute Gasteiger partial charge is 0.174 e.